The zero-order valence-electron chi connectivity index (χ0n) is 9.42. The van der Waals surface area contributed by atoms with Crippen LogP contribution in [0.4, 0.5) is 5.69 Å². The molecule has 1 aromatic carbocycles. The van der Waals surface area contributed by atoms with E-state index in [1.165, 1.54) is 43.4 Å². The van der Waals surface area contributed by atoms with Crippen molar-refractivity contribution in [3.8, 4) is 0 Å². The summed E-state index contributed by atoms with van der Waals surface area (Å²) in [6.45, 7) is 2.12. The molecular formula is C13H20N2. The number of hydrazine groups is 1. The molecule has 0 unspecified atom stereocenters. The molecule has 2 heteroatoms. The van der Waals surface area contributed by atoms with E-state index in [4.69, 9.17) is 0 Å². The molecule has 0 saturated heterocycles. The molecule has 15 heavy (non-hydrogen) atoms. The Labute approximate surface area is 92.1 Å². The quantitative estimate of drug-likeness (QED) is 0.739. The second kappa shape index (κ2) is 5.17. The predicted molar refractivity (Wildman–Crippen MR) is 64.8 cm³/mol. The highest BCUT2D eigenvalue weighted by atomic mass is 15.4. The second-order valence-electron chi connectivity index (χ2n) is 4.47. The zero-order valence-corrected chi connectivity index (χ0v) is 9.42. The van der Waals surface area contributed by atoms with Gasteiger partial charge in [0.1, 0.15) is 0 Å². The molecule has 0 aliphatic heterocycles. The molecule has 1 aliphatic carbocycles. The van der Waals surface area contributed by atoms with Crippen molar-refractivity contribution in [3.63, 3.8) is 0 Å². The summed E-state index contributed by atoms with van der Waals surface area (Å²) in [5.74, 6) is 0. The van der Waals surface area contributed by atoms with Crippen LogP contribution in [0.1, 0.15) is 37.7 Å². The van der Waals surface area contributed by atoms with E-state index in [9.17, 15) is 0 Å². The maximum absolute atomic E-state index is 3.42. The monoisotopic (exact) mass is 204 g/mol. The minimum atomic E-state index is 0.652. The Morgan fingerprint density at radius 2 is 1.93 bits per heavy atom. The lowest BCUT2D eigenvalue weighted by molar-refractivity contribution is 0.393. The van der Waals surface area contributed by atoms with Gasteiger partial charge in [0.15, 0.2) is 0 Å². The molecule has 2 rings (SSSR count). The lowest BCUT2D eigenvalue weighted by Gasteiger charge is -2.23. The molecule has 1 saturated carbocycles. The molecule has 1 aliphatic rings. The van der Waals surface area contributed by atoms with Crippen molar-refractivity contribution >= 4 is 5.69 Å². The normalized spacial score (nSPS) is 17.7. The first kappa shape index (κ1) is 10.5. The summed E-state index contributed by atoms with van der Waals surface area (Å²) in [6, 6.07) is 9.12. The Morgan fingerprint density at radius 3 is 2.67 bits per heavy atom. The molecule has 0 heterocycles. The van der Waals surface area contributed by atoms with Crippen LogP contribution in [-0.4, -0.2) is 6.04 Å². The summed E-state index contributed by atoms with van der Waals surface area (Å²) in [4.78, 5) is 0. The highest BCUT2D eigenvalue weighted by molar-refractivity contribution is 5.44. The van der Waals surface area contributed by atoms with Crippen molar-refractivity contribution in [3.05, 3.63) is 29.8 Å². The van der Waals surface area contributed by atoms with E-state index in [-0.39, 0.29) is 0 Å². The Bertz CT molecular complexity index is 303. The Kier molecular flexibility index (Phi) is 3.62. The van der Waals surface area contributed by atoms with Crippen LogP contribution >= 0.6 is 0 Å². The lowest BCUT2D eigenvalue weighted by atomic mass is 9.96. The molecule has 82 valence electrons. The van der Waals surface area contributed by atoms with Crippen molar-refractivity contribution in [2.75, 3.05) is 5.43 Å². The molecule has 1 aromatic rings. The van der Waals surface area contributed by atoms with Gasteiger partial charge >= 0.3 is 0 Å². The maximum atomic E-state index is 3.42. The van der Waals surface area contributed by atoms with Gasteiger partial charge in [-0.1, -0.05) is 31.4 Å². The summed E-state index contributed by atoms with van der Waals surface area (Å²) < 4.78 is 0. The summed E-state index contributed by atoms with van der Waals surface area (Å²) in [7, 11) is 0. The molecule has 0 bridgehead atoms. The number of aryl methyl sites for hydroxylation is 1. The first-order valence-corrected chi connectivity index (χ1v) is 5.93. The number of nitrogens with one attached hydrogen (secondary N) is 2. The molecule has 2 nitrogen and oxygen atoms in total. The summed E-state index contributed by atoms with van der Waals surface area (Å²) >= 11 is 0. The molecule has 0 amide bonds. The molecule has 0 aromatic heterocycles. The first-order valence-electron chi connectivity index (χ1n) is 5.93. The second-order valence-corrected chi connectivity index (χ2v) is 4.47. The van der Waals surface area contributed by atoms with Crippen molar-refractivity contribution in [1.29, 1.82) is 0 Å². The summed E-state index contributed by atoms with van der Waals surface area (Å²) in [5.41, 5.74) is 9.18. The fourth-order valence-corrected chi connectivity index (χ4v) is 2.16. The SMILES string of the molecule is Cc1cccc(NNC2CCCCC2)c1. The third-order valence-corrected chi connectivity index (χ3v) is 3.04. The van der Waals surface area contributed by atoms with E-state index < -0.39 is 0 Å². The van der Waals surface area contributed by atoms with E-state index in [0.717, 1.165) is 0 Å². The van der Waals surface area contributed by atoms with Gasteiger partial charge in [-0.3, -0.25) is 0 Å². The smallest absolute Gasteiger partial charge is 0.0490 e. The molecule has 0 radical (unpaired) electrons. The third kappa shape index (κ3) is 3.24. The van der Waals surface area contributed by atoms with E-state index in [0.29, 0.717) is 6.04 Å². The topological polar surface area (TPSA) is 24.1 Å². The first-order chi connectivity index (χ1) is 7.34. The molecule has 1 fully saturated rings. The molecule has 2 N–H and O–H groups in total. The van der Waals surface area contributed by atoms with E-state index in [1.807, 2.05) is 0 Å². The van der Waals surface area contributed by atoms with Gasteiger partial charge in [0, 0.05) is 11.7 Å². The third-order valence-electron chi connectivity index (χ3n) is 3.04. The van der Waals surface area contributed by atoms with Gasteiger partial charge in [-0.05, 0) is 37.5 Å². The van der Waals surface area contributed by atoms with Gasteiger partial charge in [-0.2, -0.15) is 0 Å². The fourth-order valence-electron chi connectivity index (χ4n) is 2.16. The van der Waals surface area contributed by atoms with Crippen LogP contribution in [0.2, 0.25) is 0 Å². The number of hydrogen-bond acceptors (Lipinski definition) is 2. The predicted octanol–water partition coefficient (Wildman–Crippen LogP) is 3.24. The van der Waals surface area contributed by atoms with Crippen LogP contribution in [0.5, 0.6) is 0 Å². The van der Waals surface area contributed by atoms with Gasteiger partial charge in [0.05, 0.1) is 0 Å². The Balaban J connectivity index is 1.81. The van der Waals surface area contributed by atoms with E-state index in [1.54, 1.807) is 0 Å². The fraction of sp³-hybridized carbons (Fsp3) is 0.538. The van der Waals surface area contributed by atoms with Crippen LogP contribution < -0.4 is 10.9 Å². The molecule has 0 atom stereocenters. The van der Waals surface area contributed by atoms with Crippen molar-refractivity contribution < 1.29 is 0 Å². The molecular weight excluding hydrogens is 184 g/mol. The van der Waals surface area contributed by atoms with E-state index >= 15 is 0 Å². The minimum Gasteiger partial charge on any atom is -0.321 e. The van der Waals surface area contributed by atoms with Crippen molar-refractivity contribution in [2.45, 2.75) is 45.1 Å². The van der Waals surface area contributed by atoms with Gasteiger partial charge in [0.2, 0.25) is 0 Å². The van der Waals surface area contributed by atoms with Crippen molar-refractivity contribution in [2.24, 2.45) is 0 Å². The van der Waals surface area contributed by atoms with Gasteiger partial charge in [0.25, 0.3) is 0 Å². The largest absolute Gasteiger partial charge is 0.321 e. The van der Waals surface area contributed by atoms with Crippen LogP contribution in [0, 0.1) is 6.92 Å². The number of anilines is 1. The standard InChI is InChI=1S/C13H20N2/c1-11-6-5-9-13(10-11)15-14-12-7-3-2-4-8-12/h5-6,9-10,12,14-15H,2-4,7-8H2,1H3. The van der Waals surface area contributed by atoms with Gasteiger partial charge in [-0.25, -0.2) is 5.43 Å². The van der Waals surface area contributed by atoms with Crippen LogP contribution in [0.25, 0.3) is 0 Å². The van der Waals surface area contributed by atoms with Crippen LogP contribution in [-0.2, 0) is 0 Å². The lowest BCUT2D eigenvalue weighted by Crippen LogP contribution is -2.35. The maximum Gasteiger partial charge on any atom is 0.0490 e. The number of rotatable bonds is 3. The average Bonchev–Trinajstić information content (AvgIpc) is 2.28. The Morgan fingerprint density at radius 1 is 1.13 bits per heavy atom. The zero-order chi connectivity index (χ0) is 10.5. The molecule has 0 spiro atoms. The van der Waals surface area contributed by atoms with Crippen LogP contribution in [0.3, 0.4) is 0 Å². The average molecular weight is 204 g/mol. The summed E-state index contributed by atoms with van der Waals surface area (Å²) in [5, 5.41) is 0. The van der Waals surface area contributed by atoms with Crippen molar-refractivity contribution in [1.82, 2.24) is 5.43 Å². The summed E-state index contributed by atoms with van der Waals surface area (Å²) in [6.07, 6.45) is 6.75. The van der Waals surface area contributed by atoms with Crippen LogP contribution in [0.15, 0.2) is 24.3 Å². The highest BCUT2D eigenvalue weighted by Crippen LogP contribution is 2.17. The number of hydrogen-bond donors (Lipinski definition) is 2. The van der Waals surface area contributed by atoms with Gasteiger partial charge in [-0.15, -0.1) is 0 Å². The highest BCUT2D eigenvalue weighted by Gasteiger charge is 2.11. The van der Waals surface area contributed by atoms with Gasteiger partial charge < -0.3 is 5.43 Å². The number of benzene rings is 1. The van der Waals surface area contributed by atoms with E-state index in [2.05, 4.69) is 42.0 Å². The Hall–Kier alpha value is -1.02. The minimum absolute atomic E-state index is 0.652.